The van der Waals surface area contributed by atoms with Crippen LogP contribution in [0.4, 0.5) is 0 Å². The van der Waals surface area contributed by atoms with Crippen LogP contribution in [0.5, 0.6) is 0 Å². The number of piperidine rings is 1. The Balaban J connectivity index is 1.60. The molecule has 0 saturated carbocycles. The van der Waals surface area contributed by atoms with E-state index in [4.69, 9.17) is 44.3 Å². The third-order valence-corrected chi connectivity index (χ3v) is 6.62. The predicted molar refractivity (Wildman–Crippen MR) is 127 cm³/mol. The van der Waals surface area contributed by atoms with Crippen LogP contribution in [0.3, 0.4) is 0 Å². The van der Waals surface area contributed by atoms with Crippen LogP contribution in [0.25, 0.3) is 0 Å². The van der Waals surface area contributed by atoms with Crippen LogP contribution in [0.2, 0.25) is 15.1 Å². The van der Waals surface area contributed by atoms with E-state index in [-0.39, 0.29) is 6.10 Å². The second kappa shape index (κ2) is 10.4. The third kappa shape index (κ3) is 5.43. The molecule has 162 valence electrons. The summed E-state index contributed by atoms with van der Waals surface area (Å²) in [6.07, 6.45) is 0.591. The van der Waals surface area contributed by atoms with Gasteiger partial charge in [-0.3, -0.25) is 0 Å². The standard InChI is InChI=1S/C25H24Cl3NO2/c26-21-9-7-20(8-10-21)25(31-17-18-4-2-1-3-5-18)12-13-29-15-24(25)30-16-19-6-11-22(27)23(28)14-19/h1-11,14,24,29H,12-13,15-17H2/t24-,25-/m1/s1. The Morgan fingerprint density at radius 3 is 2.35 bits per heavy atom. The van der Waals surface area contributed by atoms with Gasteiger partial charge in [-0.2, -0.15) is 0 Å². The second-order valence-electron chi connectivity index (χ2n) is 7.67. The number of ether oxygens (including phenoxy) is 2. The lowest BCUT2D eigenvalue weighted by Crippen LogP contribution is -2.54. The first-order valence-electron chi connectivity index (χ1n) is 10.3. The van der Waals surface area contributed by atoms with E-state index in [0.717, 1.165) is 29.7 Å². The van der Waals surface area contributed by atoms with Crippen molar-refractivity contribution in [3.05, 3.63) is 105 Å². The fraction of sp³-hybridized carbons (Fsp3) is 0.280. The van der Waals surface area contributed by atoms with Crippen LogP contribution in [0, 0.1) is 0 Å². The molecule has 0 unspecified atom stereocenters. The minimum atomic E-state index is -0.595. The molecule has 4 rings (SSSR count). The molecule has 0 radical (unpaired) electrons. The van der Waals surface area contributed by atoms with Crippen molar-refractivity contribution in [2.24, 2.45) is 0 Å². The van der Waals surface area contributed by atoms with Crippen LogP contribution >= 0.6 is 34.8 Å². The summed E-state index contributed by atoms with van der Waals surface area (Å²) in [6.45, 7) is 2.42. The molecule has 1 aliphatic heterocycles. The number of halogens is 3. The normalized spacial score (nSPS) is 21.2. The lowest BCUT2D eigenvalue weighted by molar-refractivity contribution is -0.176. The Morgan fingerprint density at radius 1 is 0.839 bits per heavy atom. The zero-order valence-electron chi connectivity index (χ0n) is 17.0. The molecule has 1 aliphatic rings. The van der Waals surface area contributed by atoms with E-state index < -0.39 is 5.60 Å². The smallest absolute Gasteiger partial charge is 0.122 e. The average Bonchev–Trinajstić information content (AvgIpc) is 2.80. The molecule has 6 heteroatoms. The first-order chi connectivity index (χ1) is 15.1. The zero-order valence-corrected chi connectivity index (χ0v) is 19.3. The lowest BCUT2D eigenvalue weighted by Gasteiger charge is -2.44. The van der Waals surface area contributed by atoms with Gasteiger partial charge < -0.3 is 14.8 Å². The maximum Gasteiger partial charge on any atom is 0.122 e. The van der Waals surface area contributed by atoms with E-state index in [9.17, 15) is 0 Å². The van der Waals surface area contributed by atoms with Gasteiger partial charge in [-0.05, 0) is 53.9 Å². The van der Waals surface area contributed by atoms with Crippen LogP contribution in [-0.4, -0.2) is 19.2 Å². The van der Waals surface area contributed by atoms with Gasteiger partial charge in [0.1, 0.15) is 11.7 Å². The molecule has 3 aromatic carbocycles. The fourth-order valence-electron chi connectivity index (χ4n) is 3.95. The summed E-state index contributed by atoms with van der Waals surface area (Å²) in [7, 11) is 0. The maximum atomic E-state index is 6.67. The van der Waals surface area contributed by atoms with Crippen molar-refractivity contribution in [3.8, 4) is 0 Å². The number of nitrogens with one attached hydrogen (secondary N) is 1. The summed E-state index contributed by atoms with van der Waals surface area (Å²) in [5.41, 5.74) is 2.56. The molecule has 1 saturated heterocycles. The van der Waals surface area contributed by atoms with Crippen molar-refractivity contribution in [1.82, 2.24) is 5.32 Å². The molecule has 0 aliphatic carbocycles. The third-order valence-electron chi connectivity index (χ3n) is 5.63. The van der Waals surface area contributed by atoms with Crippen LogP contribution in [0.15, 0.2) is 72.8 Å². The number of benzene rings is 3. The van der Waals surface area contributed by atoms with Gasteiger partial charge in [-0.15, -0.1) is 0 Å². The van der Waals surface area contributed by atoms with E-state index in [1.54, 1.807) is 6.07 Å². The highest BCUT2D eigenvalue weighted by Gasteiger charge is 2.44. The molecule has 1 heterocycles. The summed E-state index contributed by atoms with van der Waals surface area (Å²) in [6, 6.07) is 23.6. The van der Waals surface area contributed by atoms with Gasteiger partial charge in [-0.25, -0.2) is 0 Å². The summed E-state index contributed by atoms with van der Waals surface area (Å²) in [5.74, 6) is 0. The molecule has 1 N–H and O–H groups in total. The molecule has 0 amide bonds. The maximum absolute atomic E-state index is 6.67. The first-order valence-corrected chi connectivity index (χ1v) is 11.4. The number of rotatable bonds is 7. The van der Waals surface area contributed by atoms with Crippen LogP contribution < -0.4 is 5.32 Å². The van der Waals surface area contributed by atoms with Crippen molar-refractivity contribution in [2.75, 3.05) is 13.1 Å². The minimum absolute atomic E-state index is 0.194. The molecule has 2 atom stereocenters. The van der Waals surface area contributed by atoms with Gasteiger partial charge in [-0.1, -0.05) is 83.3 Å². The quantitative estimate of drug-likeness (QED) is 0.415. The van der Waals surface area contributed by atoms with E-state index in [2.05, 4.69) is 17.4 Å². The van der Waals surface area contributed by atoms with Gasteiger partial charge in [0.15, 0.2) is 0 Å². The average molecular weight is 477 g/mol. The highest BCUT2D eigenvalue weighted by Crippen LogP contribution is 2.39. The van der Waals surface area contributed by atoms with Crippen molar-refractivity contribution in [3.63, 3.8) is 0 Å². The second-order valence-corrected chi connectivity index (χ2v) is 8.92. The van der Waals surface area contributed by atoms with E-state index in [1.165, 1.54) is 0 Å². The van der Waals surface area contributed by atoms with Crippen molar-refractivity contribution < 1.29 is 9.47 Å². The Labute approximate surface area is 198 Å². The molecule has 0 bridgehead atoms. The van der Waals surface area contributed by atoms with E-state index >= 15 is 0 Å². The van der Waals surface area contributed by atoms with Gasteiger partial charge in [0, 0.05) is 11.6 Å². The summed E-state index contributed by atoms with van der Waals surface area (Å²) < 4.78 is 13.1. The van der Waals surface area contributed by atoms with Gasteiger partial charge >= 0.3 is 0 Å². The Morgan fingerprint density at radius 2 is 1.61 bits per heavy atom. The topological polar surface area (TPSA) is 30.5 Å². The molecular weight excluding hydrogens is 453 g/mol. The van der Waals surface area contributed by atoms with Crippen molar-refractivity contribution in [1.29, 1.82) is 0 Å². The molecule has 3 aromatic rings. The fourth-order valence-corrected chi connectivity index (χ4v) is 4.40. The monoisotopic (exact) mass is 475 g/mol. The van der Waals surface area contributed by atoms with Crippen LogP contribution in [-0.2, 0) is 28.3 Å². The van der Waals surface area contributed by atoms with Crippen LogP contribution in [0.1, 0.15) is 23.1 Å². The molecular formula is C25H24Cl3NO2. The molecule has 31 heavy (non-hydrogen) atoms. The predicted octanol–water partition coefficient (Wildman–Crippen LogP) is 6.64. The Hall–Kier alpha value is -1.59. The van der Waals surface area contributed by atoms with Gasteiger partial charge in [0.25, 0.3) is 0 Å². The molecule has 0 aromatic heterocycles. The zero-order chi connectivity index (χ0) is 21.7. The first kappa shape index (κ1) is 22.6. The molecule has 1 fully saturated rings. The SMILES string of the molecule is Clc1ccc([C@]2(OCc3ccccc3)CCNC[C@H]2OCc2ccc(Cl)c(Cl)c2)cc1. The summed E-state index contributed by atoms with van der Waals surface area (Å²) in [5, 5.41) is 5.20. The van der Waals surface area contributed by atoms with Crippen molar-refractivity contribution >= 4 is 34.8 Å². The van der Waals surface area contributed by atoms with Crippen molar-refractivity contribution in [2.45, 2.75) is 31.3 Å². The number of hydrogen-bond donors (Lipinski definition) is 1. The number of hydrogen-bond acceptors (Lipinski definition) is 3. The highest BCUT2D eigenvalue weighted by atomic mass is 35.5. The lowest BCUT2D eigenvalue weighted by atomic mass is 9.82. The highest BCUT2D eigenvalue weighted by molar-refractivity contribution is 6.42. The largest absolute Gasteiger partial charge is 0.369 e. The van der Waals surface area contributed by atoms with E-state index in [0.29, 0.717) is 34.8 Å². The molecule has 0 spiro atoms. The minimum Gasteiger partial charge on any atom is -0.369 e. The van der Waals surface area contributed by atoms with E-state index in [1.807, 2.05) is 54.6 Å². The van der Waals surface area contributed by atoms with Gasteiger partial charge in [0.2, 0.25) is 0 Å². The Bertz CT molecular complexity index is 997. The molecule has 3 nitrogen and oxygen atoms in total. The van der Waals surface area contributed by atoms with Gasteiger partial charge in [0.05, 0.1) is 23.3 Å². The Kier molecular flexibility index (Phi) is 7.55. The summed E-state index contributed by atoms with van der Waals surface area (Å²) >= 11 is 18.4. The summed E-state index contributed by atoms with van der Waals surface area (Å²) in [4.78, 5) is 0.